The van der Waals surface area contributed by atoms with E-state index in [1.807, 2.05) is 67.6 Å². The number of aryl methyl sites for hydroxylation is 1. The van der Waals surface area contributed by atoms with Gasteiger partial charge >= 0.3 is 11.9 Å². The zero-order valence-corrected chi connectivity index (χ0v) is 23.6. The van der Waals surface area contributed by atoms with Gasteiger partial charge in [-0.25, -0.2) is 13.2 Å². The fourth-order valence-electron chi connectivity index (χ4n) is 5.01. The third-order valence-electron chi connectivity index (χ3n) is 6.85. The third kappa shape index (κ3) is 6.02. The number of sulfonamides is 1. The van der Waals surface area contributed by atoms with E-state index in [2.05, 4.69) is 4.72 Å². The Morgan fingerprint density at radius 2 is 1.45 bits per heavy atom. The molecule has 0 amide bonds. The molecule has 3 aromatic rings. The highest BCUT2D eigenvalue weighted by Crippen LogP contribution is 2.52. The zero-order chi connectivity index (χ0) is 28.8. The van der Waals surface area contributed by atoms with Crippen LogP contribution in [0.4, 0.5) is 0 Å². The third-order valence-corrected chi connectivity index (χ3v) is 8.22. The fraction of sp³-hybridized carbons (Fsp3) is 0.250. The molecule has 0 fully saturated rings. The second kappa shape index (κ2) is 12.3. The normalized spacial score (nSPS) is 19.6. The smallest absolute Gasteiger partial charge is 0.355 e. The van der Waals surface area contributed by atoms with Gasteiger partial charge in [-0.3, -0.25) is 9.52 Å². The molecule has 0 aliphatic heterocycles. The Bertz CT molecular complexity index is 1510. The van der Waals surface area contributed by atoms with Gasteiger partial charge < -0.3 is 9.47 Å². The number of carbonyl (C=O) groups is 2. The van der Waals surface area contributed by atoms with Crippen molar-refractivity contribution in [3.8, 4) is 0 Å². The number of esters is 2. The summed E-state index contributed by atoms with van der Waals surface area (Å²) in [6, 6.07) is 25.1. The molecule has 7 nitrogen and oxygen atoms in total. The molecule has 0 aromatic heterocycles. The van der Waals surface area contributed by atoms with Crippen molar-refractivity contribution < 1.29 is 27.5 Å². The Hall–Kier alpha value is -4.17. The van der Waals surface area contributed by atoms with Crippen molar-refractivity contribution in [1.82, 2.24) is 4.72 Å². The van der Waals surface area contributed by atoms with Crippen molar-refractivity contribution >= 4 is 22.0 Å². The second-order valence-corrected chi connectivity index (χ2v) is 11.3. The van der Waals surface area contributed by atoms with Crippen molar-refractivity contribution in [3.63, 3.8) is 0 Å². The molecule has 3 aromatic carbocycles. The Morgan fingerprint density at radius 1 is 0.850 bits per heavy atom. The first kappa shape index (κ1) is 28.8. The highest BCUT2D eigenvalue weighted by atomic mass is 32.2. The van der Waals surface area contributed by atoms with Crippen LogP contribution in [0.15, 0.2) is 113 Å². The molecule has 1 aliphatic rings. The van der Waals surface area contributed by atoms with Crippen LogP contribution >= 0.6 is 0 Å². The lowest BCUT2D eigenvalue weighted by Gasteiger charge is -2.34. The summed E-state index contributed by atoms with van der Waals surface area (Å²) >= 11 is 0. The largest absolute Gasteiger partial charge is 0.465 e. The molecule has 0 spiro atoms. The minimum atomic E-state index is -4.17. The summed E-state index contributed by atoms with van der Waals surface area (Å²) in [6.45, 7) is 5.43. The number of allylic oxidation sites excluding steroid dienone is 2. The van der Waals surface area contributed by atoms with Gasteiger partial charge in [0, 0.05) is 5.92 Å². The Kier molecular flexibility index (Phi) is 8.90. The molecular weight excluding hydrogens is 526 g/mol. The number of benzene rings is 3. The molecule has 208 valence electrons. The van der Waals surface area contributed by atoms with Gasteiger partial charge in [0.1, 0.15) is 11.1 Å². The highest BCUT2D eigenvalue weighted by Gasteiger charge is 2.51. The molecule has 40 heavy (non-hydrogen) atoms. The predicted octanol–water partition coefficient (Wildman–Crippen LogP) is 5.24. The van der Waals surface area contributed by atoms with Gasteiger partial charge in [0.05, 0.1) is 18.1 Å². The maximum absolute atomic E-state index is 13.8. The van der Waals surface area contributed by atoms with E-state index in [0.29, 0.717) is 5.57 Å². The fourth-order valence-corrected chi connectivity index (χ4v) is 6.09. The second-order valence-electron chi connectivity index (χ2n) is 9.57. The molecule has 0 heterocycles. The first-order valence-electron chi connectivity index (χ1n) is 13.2. The topological polar surface area (TPSA) is 98.8 Å². The van der Waals surface area contributed by atoms with Gasteiger partial charge in [-0.1, -0.05) is 90.5 Å². The molecule has 1 aliphatic carbocycles. The Morgan fingerprint density at radius 3 is 2.05 bits per heavy atom. The summed E-state index contributed by atoms with van der Waals surface area (Å²) in [4.78, 5) is 27.2. The monoisotopic (exact) mass is 559 g/mol. The van der Waals surface area contributed by atoms with Crippen LogP contribution in [-0.2, 0) is 35.5 Å². The van der Waals surface area contributed by atoms with Gasteiger partial charge in [0.2, 0.25) is 0 Å². The lowest BCUT2D eigenvalue weighted by Crippen LogP contribution is -2.39. The number of hydrogen-bond donors (Lipinski definition) is 1. The molecule has 4 rings (SSSR count). The molecule has 0 radical (unpaired) electrons. The molecule has 0 saturated carbocycles. The maximum Gasteiger partial charge on any atom is 0.355 e. The molecule has 8 heteroatoms. The number of nitrogens with one attached hydrogen (secondary N) is 1. The molecule has 0 bridgehead atoms. The van der Waals surface area contributed by atoms with E-state index >= 15 is 0 Å². The quantitative estimate of drug-likeness (QED) is 0.270. The average molecular weight is 560 g/mol. The van der Waals surface area contributed by atoms with E-state index in [0.717, 1.165) is 16.7 Å². The highest BCUT2D eigenvalue weighted by molar-refractivity contribution is 7.89. The lowest BCUT2D eigenvalue weighted by molar-refractivity contribution is -0.153. The molecule has 1 N–H and O–H groups in total. The van der Waals surface area contributed by atoms with E-state index in [9.17, 15) is 18.0 Å². The van der Waals surface area contributed by atoms with Crippen molar-refractivity contribution in [2.24, 2.45) is 5.41 Å². The van der Waals surface area contributed by atoms with E-state index in [4.69, 9.17) is 9.47 Å². The summed E-state index contributed by atoms with van der Waals surface area (Å²) in [5, 5.41) is 0. The molecular formula is C32H33NO6S. The number of ether oxygens (including phenoxy) is 2. The van der Waals surface area contributed by atoms with Crippen LogP contribution in [-0.4, -0.2) is 33.6 Å². The van der Waals surface area contributed by atoms with Crippen LogP contribution < -0.4 is 4.72 Å². The molecule has 0 saturated heterocycles. The van der Waals surface area contributed by atoms with Crippen LogP contribution in [0.1, 0.15) is 36.5 Å². The van der Waals surface area contributed by atoms with Gasteiger partial charge in [0.15, 0.2) is 0 Å². The summed E-state index contributed by atoms with van der Waals surface area (Å²) < 4.78 is 40.4. The van der Waals surface area contributed by atoms with Crippen molar-refractivity contribution in [2.45, 2.75) is 38.0 Å². The Balaban J connectivity index is 1.94. The Labute approximate surface area is 235 Å². The van der Waals surface area contributed by atoms with Crippen molar-refractivity contribution in [3.05, 3.63) is 125 Å². The van der Waals surface area contributed by atoms with Gasteiger partial charge in [-0.05, 0) is 56.0 Å². The van der Waals surface area contributed by atoms with Crippen molar-refractivity contribution in [1.29, 1.82) is 0 Å². The lowest BCUT2D eigenvalue weighted by atomic mass is 9.69. The minimum absolute atomic E-state index is 0.000298. The zero-order valence-electron chi connectivity index (χ0n) is 22.8. The summed E-state index contributed by atoms with van der Waals surface area (Å²) in [6.07, 6.45) is 3.64. The predicted molar refractivity (Wildman–Crippen MR) is 153 cm³/mol. The van der Waals surface area contributed by atoms with Crippen LogP contribution in [0.25, 0.3) is 0 Å². The van der Waals surface area contributed by atoms with Crippen LogP contribution in [0, 0.1) is 12.3 Å². The number of rotatable bonds is 10. The summed E-state index contributed by atoms with van der Waals surface area (Å²) in [5.74, 6) is -2.05. The van der Waals surface area contributed by atoms with E-state index in [1.54, 1.807) is 38.1 Å². The average Bonchev–Trinajstić information content (AvgIpc) is 3.33. The van der Waals surface area contributed by atoms with Gasteiger partial charge in [0.25, 0.3) is 10.0 Å². The van der Waals surface area contributed by atoms with E-state index in [1.165, 1.54) is 12.1 Å². The summed E-state index contributed by atoms with van der Waals surface area (Å²) in [7, 11) is -4.17. The van der Waals surface area contributed by atoms with E-state index < -0.39 is 33.3 Å². The molecule has 2 atom stereocenters. The minimum Gasteiger partial charge on any atom is -0.465 e. The number of hydrogen-bond acceptors (Lipinski definition) is 6. The standard InChI is InChI=1S/C32H33NO6S/c1-4-38-30(34)29(33-40(36,37)26-18-16-23(3)17-19-26)27-20-21-32(31(35)39-5-2,22-24-12-8-6-9-13-24)28(27)25-14-10-7-11-15-25/h6-21,28,33H,4-5,22H2,1-3H3/b29-27+/t28-,32+/m1/s1. The number of carbonyl (C=O) groups excluding carboxylic acids is 2. The SMILES string of the molecule is CCOC(=O)/C(NS(=O)(=O)c1ccc(C)cc1)=C1/C=C[C@@](Cc2ccccc2)(C(=O)OCC)[C@@H]1c1ccccc1. The van der Waals surface area contributed by atoms with E-state index in [-0.39, 0.29) is 30.2 Å². The first-order chi connectivity index (χ1) is 19.2. The first-order valence-corrected chi connectivity index (χ1v) is 14.7. The van der Waals surface area contributed by atoms with Crippen LogP contribution in [0.2, 0.25) is 0 Å². The van der Waals surface area contributed by atoms with Gasteiger partial charge in [-0.2, -0.15) is 0 Å². The summed E-state index contributed by atoms with van der Waals surface area (Å²) in [5.41, 5.74) is 1.34. The maximum atomic E-state index is 13.8. The molecule has 0 unspecified atom stereocenters. The van der Waals surface area contributed by atoms with Gasteiger partial charge in [-0.15, -0.1) is 0 Å². The van der Waals surface area contributed by atoms with Crippen LogP contribution in [0.5, 0.6) is 0 Å². The van der Waals surface area contributed by atoms with Crippen LogP contribution in [0.3, 0.4) is 0 Å². The van der Waals surface area contributed by atoms with Crippen molar-refractivity contribution in [2.75, 3.05) is 13.2 Å².